The van der Waals surface area contributed by atoms with Gasteiger partial charge in [0.05, 0.1) is 6.42 Å². The predicted octanol–water partition coefficient (Wildman–Crippen LogP) is 2.05. The van der Waals surface area contributed by atoms with E-state index in [4.69, 9.17) is 0 Å². The Hall–Kier alpha value is -1.49. The Labute approximate surface area is 102 Å². The van der Waals surface area contributed by atoms with E-state index in [1.807, 2.05) is 0 Å². The number of halogens is 6. The maximum absolute atomic E-state index is 13.3. The molecule has 0 radical (unpaired) electrons. The van der Waals surface area contributed by atoms with Crippen molar-refractivity contribution in [2.24, 2.45) is 0 Å². The van der Waals surface area contributed by atoms with Gasteiger partial charge in [0.2, 0.25) is 5.75 Å². The highest BCUT2D eigenvalue weighted by atomic mass is 32.3. The maximum Gasteiger partial charge on any atom is 0.393 e. The molecule has 1 rings (SSSR count). The van der Waals surface area contributed by atoms with Gasteiger partial charge in [-0.3, -0.25) is 0 Å². The Bertz CT molecular complexity index is 594. The fourth-order valence-corrected chi connectivity index (χ4v) is 1.51. The van der Waals surface area contributed by atoms with Crippen LogP contribution in [0.25, 0.3) is 0 Å². The molecule has 11 heteroatoms. The second kappa shape index (κ2) is 4.89. The van der Waals surface area contributed by atoms with Gasteiger partial charge < -0.3 is 8.74 Å². The van der Waals surface area contributed by atoms with Crippen molar-refractivity contribution in [3.05, 3.63) is 29.1 Å². The van der Waals surface area contributed by atoms with Crippen LogP contribution in [0.5, 0.6) is 5.75 Å². The highest BCUT2D eigenvalue weighted by molar-refractivity contribution is 7.81. The van der Waals surface area contributed by atoms with Crippen molar-refractivity contribution in [2.45, 2.75) is 12.6 Å². The first-order chi connectivity index (χ1) is 8.41. The van der Waals surface area contributed by atoms with Crippen LogP contribution in [0.2, 0.25) is 0 Å². The van der Waals surface area contributed by atoms with E-state index in [0.717, 1.165) is 0 Å². The van der Waals surface area contributed by atoms with Crippen molar-refractivity contribution in [3.63, 3.8) is 0 Å². The number of benzene rings is 1. The Kier molecular flexibility index (Phi) is 4.00. The minimum Gasteiger partial charge on any atom is -0.716 e. The van der Waals surface area contributed by atoms with E-state index in [9.17, 15) is 39.3 Å². The summed E-state index contributed by atoms with van der Waals surface area (Å²) in [5.74, 6) is -7.99. The summed E-state index contributed by atoms with van der Waals surface area (Å²) in [5.41, 5.74) is -1.66. The van der Waals surface area contributed by atoms with E-state index in [2.05, 4.69) is 4.18 Å². The van der Waals surface area contributed by atoms with Gasteiger partial charge in [0.15, 0.2) is 11.6 Å². The van der Waals surface area contributed by atoms with E-state index >= 15 is 0 Å². The van der Waals surface area contributed by atoms with Gasteiger partial charge in [-0.2, -0.15) is 13.2 Å². The third-order valence-corrected chi connectivity index (χ3v) is 2.16. The maximum atomic E-state index is 13.3. The minimum atomic E-state index is -5.63. The molecule has 0 aliphatic heterocycles. The highest BCUT2D eigenvalue weighted by Gasteiger charge is 2.33. The lowest BCUT2D eigenvalue weighted by molar-refractivity contribution is -0.128. The van der Waals surface area contributed by atoms with Gasteiger partial charge in [0.25, 0.3) is 10.4 Å². The number of hydrogen-bond donors (Lipinski definition) is 0. The van der Waals surface area contributed by atoms with Gasteiger partial charge in [-0.1, -0.05) is 0 Å². The zero-order chi connectivity index (χ0) is 15.0. The molecular formula is C8H3F6O4S-. The SMILES string of the molecule is O=S(=O)([O-])Oc1c(F)cc(F)c(CC(F)(F)F)c1F. The second-order valence-corrected chi connectivity index (χ2v) is 4.23. The standard InChI is InChI=1S/C8H4F6O4S/c9-4-1-5(10)7(18-19(15,16)17)6(11)3(4)2-8(12,13)14/h1H,2H2,(H,15,16,17)/p-1. The molecule has 0 saturated carbocycles. The zero-order valence-corrected chi connectivity index (χ0v) is 9.41. The quantitative estimate of drug-likeness (QED) is 0.487. The molecule has 0 atom stereocenters. The fourth-order valence-electron chi connectivity index (χ4n) is 1.15. The van der Waals surface area contributed by atoms with Crippen molar-refractivity contribution in [3.8, 4) is 5.75 Å². The smallest absolute Gasteiger partial charge is 0.393 e. The Balaban J connectivity index is 3.38. The van der Waals surface area contributed by atoms with E-state index < -0.39 is 51.8 Å². The molecule has 1 aromatic carbocycles. The summed E-state index contributed by atoms with van der Waals surface area (Å²) in [6.07, 6.45) is -7.16. The molecule has 0 aromatic heterocycles. The van der Waals surface area contributed by atoms with E-state index in [-0.39, 0.29) is 6.07 Å². The largest absolute Gasteiger partial charge is 0.716 e. The summed E-state index contributed by atoms with van der Waals surface area (Å²) in [6, 6.07) is -0.218. The van der Waals surface area contributed by atoms with Crippen LogP contribution < -0.4 is 4.18 Å². The molecule has 0 bridgehead atoms. The predicted molar refractivity (Wildman–Crippen MR) is 46.4 cm³/mol. The summed E-state index contributed by atoms with van der Waals surface area (Å²) >= 11 is 0. The summed E-state index contributed by atoms with van der Waals surface area (Å²) in [4.78, 5) is 0. The molecule has 0 N–H and O–H groups in total. The number of rotatable bonds is 3. The summed E-state index contributed by atoms with van der Waals surface area (Å²) < 4.78 is 109. The molecule has 1 aromatic rings. The summed E-state index contributed by atoms with van der Waals surface area (Å²) in [6.45, 7) is 0. The molecule has 0 amide bonds. The lowest BCUT2D eigenvalue weighted by Gasteiger charge is -2.14. The van der Waals surface area contributed by atoms with Gasteiger partial charge in [-0.05, 0) is 0 Å². The van der Waals surface area contributed by atoms with Gasteiger partial charge in [0, 0.05) is 11.6 Å². The summed E-state index contributed by atoms with van der Waals surface area (Å²) in [5, 5.41) is 0. The van der Waals surface area contributed by atoms with Crippen LogP contribution in [0.4, 0.5) is 26.3 Å². The van der Waals surface area contributed by atoms with E-state index in [1.54, 1.807) is 0 Å². The number of hydrogen-bond acceptors (Lipinski definition) is 4. The molecule has 4 nitrogen and oxygen atoms in total. The fraction of sp³-hybridized carbons (Fsp3) is 0.250. The average Bonchev–Trinajstić information content (AvgIpc) is 2.16. The van der Waals surface area contributed by atoms with E-state index in [0.29, 0.717) is 0 Å². The van der Waals surface area contributed by atoms with Crippen LogP contribution in [0.3, 0.4) is 0 Å². The second-order valence-electron chi connectivity index (χ2n) is 3.25. The normalized spacial score (nSPS) is 12.6. The van der Waals surface area contributed by atoms with Crippen LogP contribution in [0.15, 0.2) is 6.07 Å². The monoisotopic (exact) mass is 309 g/mol. The molecule has 0 aliphatic rings. The molecule has 0 heterocycles. The average molecular weight is 309 g/mol. The van der Waals surface area contributed by atoms with Crippen LogP contribution in [0, 0.1) is 17.5 Å². The highest BCUT2D eigenvalue weighted by Crippen LogP contribution is 2.32. The lowest BCUT2D eigenvalue weighted by atomic mass is 10.1. The van der Waals surface area contributed by atoms with Gasteiger partial charge in [-0.15, -0.1) is 0 Å². The van der Waals surface area contributed by atoms with Gasteiger partial charge in [-0.25, -0.2) is 21.6 Å². The topological polar surface area (TPSA) is 66.4 Å². The Morgan fingerprint density at radius 1 is 1.16 bits per heavy atom. The first-order valence-corrected chi connectivity index (χ1v) is 5.62. The van der Waals surface area contributed by atoms with Crippen molar-refractivity contribution in [1.29, 1.82) is 0 Å². The molecule has 0 saturated heterocycles. The van der Waals surface area contributed by atoms with Crippen molar-refractivity contribution >= 4 is 10.4 Å². The molecule has 0 aliphatic carbocycles. The third kappa shape index (κ3) is 4.28. The van der Waals surface area contributed by atoms with Gasteiger partial charge >= 0.3 is 6.18 Å². The molecule has 19 heavy (non-hydrogen) atoms. The number of alkyl halides is 3. The minimum absolute atomic E-state index is 0.218. The molecule has 108 valence electrons. The van der Waals surface area contributed by atoms with Crippen molar-refractivity contribution in [2.75, 3.05) is 0 Å². The van der Waals surface area contributed by atoms with Crippen molar-refractivity contribution in [1.82, 2.24) is 0 Å². The summed E-state index contributed by atoms with van der Waals surface area (Å²) in [7, 11) is -5.63. The molecule has 0 spiro atoms. The Morgan fingerprint density at radius 3 is 2.11 bits per heavy atom. The van der Waals surface area contributed by atoms with Crippen LogP contribution in [0.1, 0.15) is 5.56 Å². The van der Waals surface area contributed by atoms with Crippen LogP contribution in [-0.2, 0) is 16.8 Å². The molecule has 0 unspecified atom stereocenters. The van der Waals surface area contributed by atoms with Crippen LogP contribution >= 0.6 is 0 Å². The first-order valence-electron chi connectivity index (χ1n) is 4.29. The third-order valence-electron chi connectivity index (χ3n) is 1.79. The first kappa shape index (κ1) is 15.6. The molecular weight excluding hydrogens is 306 g/mol. The zero-order valence-electron chi connectivity index (χ0n) is 8.59. The van der Waals surface area contributed by atoms with Crippen molar-refractivity contribution < 1.29 is 43.5 Å². The van der Waals surface area contributed by atoms with Gasteiger partial charge in [0.1, 0.15) is 5.82 Å². The van der Waals surface area contributed by atoms with E-state index in [1.165, 1.54) is 0 Å². The lowest BCUT2D eigenvalue weighted by Crippen LogP contribution is -2.17. The van der Waals surface area contributed by atoms with Crippen LogP contribution in [-0.4, -0.2) is 19.1 Å². The molecule has 0 fully saturated rings. The Morgan fingerprint density at radius 2 is 1.68 bits per heavy atom.